The number of aliphatic hydroxyl groups is 1. The Hall–Kier alpha value is -1.10. The lowest BCUT2D eigenvalue weighted by Gasteiger charge is -2.30. The summed E-state index contributed by atoms with van der Waals surface area (Å²) in [5, 5.41) is 18.5. The molecule has 1 saturated carbocycles. The fourth-order valence-electron chi connectivity index (χ4n) is 2.90. The SMILES string of the molecule is O=C(O)[C@H]1CCCC[C@H]1C(=O)N1CC[C@@H](O)C1. The van der Waals surface area contributed by atoms with Gasteiger partial charge in [0.2, 0.25) is 5.91 Å². The van der Waals surface area contributed by atoms with E-state index in [2.05, 4.69) is 0 Å². The van der Waals surface area contributed by atoms with Crippen molar-refractivity contribution in [3.63, 3.8) is 0 Å². The van der Waals surface area contributed by atoms with E-state index in [-0.39, 0.29) is 11.8 Å². The van der Waals surface area contributed by atoms with Crippen LogP contribution in [0.5, 0.6) is 0 Å². The van der Waals surface area contributed by atoms with Gasteiger partial charge in [-0.1, -0.05) is 12.8 Å². The van der Waals surface area contributed by atoms with Crippen molar-refractivity contribution in [2.75, 3.05) is 13.1 Å². The van der Waals surface area contributed by atoms with E-state index < -0.39 is 18.0 Å². The van der Waals surface area contributed by atoms with Crippen LogP contribution in [0.2, 0.25) is 0 Å². The van der Waals surface area contributed by atoms with Gasteiger partial charge in [-0.3, -0.25) is 9.59 Å². The molecule has 2 N–H and O–H groups in total. The number of carboxylic acids is 1. The van der Waals surface area contributed by atoms with E-state index in [9.17, 15) is 14.7 Å². The Labute approximate surface area is 100 Å². The molecule has 1 aliphatic carbocycles. The van der Waals surface area contributed by atoms with Gasteiger partial charge in [-0.25, -0.2) is 0 Å². The van der Waals surface area contributed by atoms with Crippen LogP contribution < -0.4 is 0 Å². The highest BCUT2D eigenvalue weighted by atomic mass is 16.4. The number of aliphatic carboxylic acids is 1. The largest absolute Gasteiger partial charge is 0.481 e. The van der Waals surface area contributed by atoms with E-state index in [0.717, 1.165) is 12.8 Å². The van der Waals surface area contributed by atoms with Crippen molar-refractivity contribution in [1.82, 2.24) is 4.90 Å². The third kappa shape index (κ3) is 2.60. The average Bonchev–Trinajstić information content (AvgIpc) is 2.75. The van der Waals surface area contributed by atoms with Gasteiger partial charge in [0.25, 0.3) is 0 Å². The van der Waals surface area contributed by atoms with E-state index in [4.69, 9.17) is 5.11 Å². The molecule has 1 amide bonds. The highest BCUT2D eigenvalue weighted by Gasteiger charge is 2.39. The lowest BCUT2D eigenvalue weighted by molar-refractivity contribution is -0.152. The van der Waals surface area contributed by atoms with Gasteiger partial charge in [0.05, 0.1) is 17.9 Å². The first kappa shape index (κ1) is 12.4. The number of likely N-dealkylation sites (tertiary alicyclic amines) is 1. The van der Waals surface area contributed by atoms with Crippen molar-refractivity contribution < 1.29 is 19.8 Å². The summed E-state index contributed by atoms with van der Waals surface area (Å²) in [6, 6.07) is 0. The topological polar surface area (TPSA) is 77.8 Å². The zero-order valence-corrected chi connectivity index (χ0v) is 9.84. The number of hydrogen-bond donors (Lipinski definition) is 2. The molecule has 0 spiro atoms. The summed E-state index contributed by atoms with van der Waals surface area (Å²) in [5.41, 5.74) is 0. The highest BCUT2D eigenvalue weighted by Crippen LogP contribution is 2.32. The van der Waals surface area contributed by atoms with Crippen molar-refractivity contribution in [2.45, 2.75) is 38.2 Å². The predicted octanol–water partition coefficient (Wildman–Crippen LogP) is 0.471. The van der Waals surface area contributed by atoms with Crippen LogP contribution >= 0.6 is 0 Å². The number of nitrogens with zero attached hydrogens (tertiary/aromatic N) is 1. The minimum Gasteiger partial charge on any atom is -0.481 e. The first-order valence-corrected chi connectivity index (χ1v) is 6.29. The summed E-state index contributed by atoms with van der Waals surface area (Å²) >= 11 is 0. The maximum Gasteiger partial charge on any atom is 0.307 e. The molecule has 0 bridgehead atoms. The fraction of sp³-hybridized carbons (Fsp3) is 0.833. The first-order valence-electron chi connectivity index (χ1n) is 6.29. The van der Waals surface area contributed by atoms with E-state index in [1.165, 1.54) is 0 Å². The molecule has 0 radical (unpaired) electrons. The Morgan fingerprint density at radius 1 is 1.06 bits per heavy atom. The molecular weight excluding hydrogens is 222 g/mol. The van der Waals surface area contributed by atoms with Crippen LogP contribution in [-0.4, -0.2) is 46.2 Å². The summed E-state index contributed by atoms with van der Waals surface area (Å²) in [5.74, 6) is -1.85. The molecule has 5 heteroatoms. The number of carbonyl (C=O) groups is 2. The van der Waals surface area contributed by atoms with Crippen LogP contribution in [0.3, 0.4) is 0 Å². The first-order chi connectivity index (χ1) is 8.09. The summed E-state index contributed by atoms with van der Waals surface area (Å²) in [4.78, 5) is 25.0. The molecule has 17 heavy (non-hydrogen) atoms. The molecular formula is C12H19NO4. The third-order valence-electron chi connectivity index (χ3n) is 3.88. The molecule has 0 aromatic rings. The van der Waals surface area contributed by atoms with Gasteiger partial charge in [0, 0.05) is 13.1 Å². The van der Waals surface area contributed by atoms with Crippen molar-refractivity contribution >= 4 is 11.9 Å². The third-order valence-corrected chi connectivity index (χ3v) is 3.88. The molecule has 2 aliphatic rings. The van der Waals surface area contributed by atoms with Crippen LogP contribution in [-0.2, 0) is 9.59 Å². The molecule has 1 saturated heterocycles. The van der Waals surface area contributed by atoms with Crippen molar-refractivity contribution in [3.05, 3.63) is 0 Å². The summed E-state index contributed by atoms with van der Waals surface area (Å²) in [6.07, 6.45) is 3.26. The molecule has 1 aliphatic heterocycles. The van der Waals surface area contributed by atoms with Gasteiger partial charge in [-0.05, 0) is 19.3 Å². The van der Waals surface area contributed by atoms with Crippen molar-refractivity contribution in [2.24, 2.45) is 11.8 Å². The van der Waals surface area contributed by atoms with Crippen LogP contribution in [0, 0.1) is 11.8 Å². The second-order valence-electron chi connectivity index (χ2n) is 5.06. The molecule has 2 rings (SSSR count). The maximum atomic E-state index is 12.2. The van der Waals surface area contributed by atoms with Crippen molar-refractivity contribution in [3.8, 4) is 0 Å². The molecule has 5 nitrogen and oxygen atoms in total. The molecule has 0 aromatic carbocycles. The Morgan fingerprint density at radius 3 is 2.24 bits per heavy atom. The van der Waals surface area contributed by atoms with Gasteiger partial charge in [-0.2, -0.15) is 0 Å². The summed E-state index contributed by atoms with van der Waals surface area (Å²) in [6.45, 7) is 0.921. The van der Waals surface area contributed by atoms with Crippen LogP contribution in [0.15, 0.2) is 0 Å². The second kappa shape index (κ2) is 5.04. The van der Waals surface area contributed by atoms with Gasteiger partial charge >= 0.3 is 5.97 Å². The quantitative estimate of drug-likeness (QED) is 0.736. The minimum absolute atomic E-state index is 0.0753. The van der Waals surface area contributed by atoms with Gasteiger partial charge < -0.3 is 15.1 Å². The van der Waals surface area contributed by atoms with Crippen molar-refractivity contribution in [1.29, 1.82) is 0 Å². The molecule has 0 aromatic heterocycles. The number of β-amino-alcohol motifs (C(OH)–C–C–N with tert-alkyl or cyclic N) is 1. The van der Waals surface area contributed by atoms with Gasteiger partial charge in [0.15, 0.2) is 0 Å². The minimum atomic E-state index is -0.859. The zero-order chi connectivity index (χ0) is 12.4. The number of aliphatic hydroxyl groups excluding tert-OH is 1. The molecule has 2 fully saturated rings. The van der Waals surface area contributed by atoms with Crippen LogP contribution in [0.25, 0.3) is 0 Å². The number of carbonyl (C=O) groups excluding carboxylic acids is 1. The molecule has 0 unspecified atom stereocenters. The Balaban J connectivity index is 2.03. The monoisotopic (exact) mass is 241 g/mol. The number of carboxylic acid groups (broad SMARTS) is 1. The average molecular weight is 241 g/mol. The fourth-order valence-corrected chi connectivity index (χ4v) is 2.90. The van der Waals surface area contributed by atoms with E-state index >= 15 is 0 Å². The predicted molar refractivity (Wildman–Crippen MR) is 60.3 cm³/mol. The number of rotatable bonds is 2. The normalized spacial score (nSPS) is 33.7. The van der Waals surface area contributed by atoms with Gasteiger partial charge in [-0.15, -0.1) is 0 Å². The highest BCUT2D eigenvalue weighted by molar-refractivity contribution is 5.85. The van der Waals surface area contributed by atoms with E-state index in [0.29, 0.717) is 32.4 Å². The maximum absolute atomic E-state index is 12.2. The standard InChI is InChI=1S/C12H19NO4/c14-8-5-6-13(7-8)11(15)9-3-1-2-4-10(9)12(16)17/h8-10,14H,1-7H2,(H,16,17)/t8-,9-,10+/m1/s1. The Kier molecular flexibility index (Phi) is 3.66. The molecule has 3 atom stereocenters. The van der Waals surface area contributed by atoms with Crippen LogP contribution in [0.1, 0.15) is 32.1 Å². The van der Waals surface area contributed by atoms with Crippen LogP contribution in [0.4, 0.5) is 0 Å². The lowest BCUT2D eigenvalue weighted by atomic mass is 9.78. The summed E-state index contributed by atoms with van der Waals surface area (Å²) < 4.78 is 0. The Morgan fingerprint density at radius 2 is 1.71 bits per heavy atom. The van der Waals surface area contributed by atoms with E-state index in [1.54, 1.807) is 4.90 Å². The van der Waals surface area contributed by atoms with E-state index in [1.807, 2.05) is 0 Å². The Bertz CT molecular complexity index is 318. The number of amides is 1. The number of hydrogen-bond acceptors (Lipinski definition) is 3. The van der Waals surface area contributed by atoms with Gasteiger partial charge in [0.1, 0.15) is 0 Å². The smallest absolute Gasteiger partial charge is 0.307 e. The second-order valence-corrected chi connectivity index (χ2v) is 5.06. The summed E-state index contributed by atoms with van der Waals surface area (Å²) in [7, 11) is 0. The zero-order valence-electron chi connectivity index (χ0n) is 9.84. The molecule has 1 heterocycles. The molecule has 96 valence electrons. The lowest BCUT2D eigenvalue weighted by Crippen LogP contribution is -2.41.